The van der Waals surface area contributed by atoms with Gasteiger partial charge in [0, 0.05) is 104 Å². The van der Waals surface area contributed by atoms with E-state index in [0.717, 1.165) is 26.6 Å². The molecule has 0 bridgehead atoms. The molecular formula is C59H81N15O9. The predicted molar refractivity (Wildman–Crippen MR) is 314 cm³/mol. The van der Waals surface area contributed by atoms with Crippen LogP contribution in [0.3, 0.4) is 0 Å². The molecule has 11 N–H and O–H groups in total. The molecule has 1 aliphatic rings. The monoisotopic (exact) mass is 1140 g/mol. The van der Waals surface area contributed by atoms with Crippen LogP contribution in [-0.4, -0.2) is 189 Å². The van der Waals surface area contributed by atoms with Gasteiger partial charge in [-0.05, 0) is 66.5 Å². The lowest BCUT2D eigenvalue weighted by atomic mass is 9.97. The van der Waals surface area contributed by atoms with E-state index in [-0.39, 0.29) is 76.8 Å². The lowest BCUT2D eigenvalue weighted by molar-refractivity contribution is -0.155. The number of unbranched alkanes of at least 4 members (excludes halogenated alkanes) is 1. The molecule has 0 radical (unpaired) electrons. The highest BCUT2D eigenvalue weighted by molar-refractivity contribution is 5.99. The van der Waals surface area contributed by atoms with Crippen molar-refractivity contribution >= 4 is 80.8 Å². The number of aliphatic imine (C=N–C) groups is 1. The highest BCUT2D eigenvalue weighted by Crippen LogP contribution is 2.26. The number of aromatic nitrogens is 3. The smallest absolute Gasteiger partial charge is 0.246 e. The lowest BCUT2D eigenvalue weighted by Crippen LogP contribution is -2.61. The van der Waals surface area contributed by atoms with E-state index in [4.69, 9.17) is 17.2 Å². The zero-order chi connectivity index (χ0) is 60.5. The van der Waals surface area contributed by atoms with Crippen LogP contribution in [0.1, 0.15) is 88.5 Å². The van der Waals surface area contributed by atoms with E-state index in [2.05, 4.69) is 35.9 Å². The summed E-state index contributed by atoms with van der Waals surface area (Å²) in [7, 11) is 7.15. The number of para-hydroxylation sites is 1. The molecule has 1 aliphatic heterocycles. The van der Waals surface area contributed by atoms with Gasteiger partial charge in [0.1, 0.15) is 42.3 Å². The van der Waals surface area contributed by atoms with Crippen molar-refractivity contribution in [3.8, 4) is 0 Å². The number of nitrogens with two attached hydrogens (primary N) is 3. The Labute approximate surface area is 483 Å². The molecule has 0 spiro atoms. The number of hydrogen-bond acceptors (Lipinski definition) is 11. The highest BCUT2D eigenvalue weighted by Gasteiger charge is 2.43. The molecule has 3 heterocycles. The first-order valence-electron chi connectivity index (χ1n) is 28.1. The molecule has 6 rings (SSSR count). The van der Waals surface area contributed by atoms with E-state index >= 15 is 24.0 Å². The molecule has 2 aromatic heterocycles. The SMILES string of the molecule is CCCCC(NC(C)=O)C(=O)NC1CC(=O)NCCCCC(C(N)=O)N(C)C(=O)C(Cc2c[nH]c3ccccc23)N(C)C(=O)C(CCCN=C(N)N)N(C)C(=O)C(Cc2ccc3ccccc3c2)N(C)C(=O)C(Cc2cnc[nH]2)N(C)C1=O. The summed E-state index contributed by atoms with van der Waals surface area (Å²) in [4.78, 5) is 152. The molecule has 1 fully saturated rings. The minimum atomic E-state index is -1.57. The van der Waals surface area contributed by atoms with Gasteiger partial charge in [0.25, 0.3) is 0 Å². The van der Waals surface area contributed by atoms with Gasteiger partial charge < -0.3 is 67.6 Å². The van der Waals surface area contributed by atoms with Gasteiger partial charge in [-0.25, -0.2) is 4.98 Å². The van der Waals surface area contributed by atoms with Gasteiger partial charge in [-0.1, -0.05) is 80.4 Å². The maximum absolute atomic E-state index is 15.8. The number of likely N-dealkylation sites (N-methyl/N-ethyl adjacent to an activating group) is 5. The zero-order valence-corrected chi connectivity index (χ0v) is 48.6. The van der Waals surface area contributed by atoms with Crippen molar-refractivity contribution in [2.24, 2.45) is 22.2 Å². The fraction of sp³-hybridized carbons (Fsp3) is 0.475. The molecule has 7 unspecified atom stereocenters. The number of H-pyrrole nitrogens is 2. The number of amides is 9. The second kappa shape index (κ2) is 29.8. The van der Waals surface area contributed by atoms with E-state index in [0.29, 0.717) is 29.7 Å². The number of hydrogen-bond donors (Lipinski definition) is 8. The van der Waals surface area contributed by atoms with Crippen LogP contribution in [0.2, 0.25) is 0 Å². The number of rotatable bonds is 17. The van der Waals surface area contributed by atoms with Crippen LogP contribution in [0.25, 0.3) is 21.7 Å². The van der Waals surface area contributed by atoms with Crippen molar-refractivity contribution in [2.45, 2.75) is 133 Å². The number of aromatic amines is 2. The van der Waals surface area contributed by atoms with Crippen molar-refractivity contribution in [1.82, 2.24) is 55.4 Å². The number of guanidine groups is 1. The van der Waals surface area contributed by atoms with Crippen molar-refractivity contribution in [3.63, 3.8) is 0 Å². The number of nitrogens with zero attached hydrogens (tertiary/aromatic N) is 7. The Balaban J connectivity index is 1.51. The van der Waals surface area contributed by atoms with E-state index in [9.17, 15) is 19.2 Å². The van der Waals surface area contributed by atoms with Crippen LogP contribution in [0.4, 0.5) is 0 Å². The van der Waals surface area contributed by atoms with Gasteiger partial charge >= 0.3 is 0 Å². The van der Waals surface area contributed by atoms with E-state index in [1.165, 1.54) is 74.3 Å². The van der Waals surface area contributed by atoms with E-state index in [1.807, 2.05) is 73.7 Å². The van der Waals surface area contributed by atoms with Crippen LogP contribution in [-0.2, 0) is 62.4 Å². The Morgan fingerprint density at radius 3 is 2.01 bits per heavy atom. The summed E-state index contributed by atoms with van der Waals surface area (Å²) in [5.41, 5.74) is 20.0. The molecule has 446 valence electrons. The van der Waals surface area contributed by atoms with Gasteiger partial charge in [0.2, 0.25) is 53.2 Å². The second-order valence-corrected chi connectivity index (χ2v) is 21.4. The number of nitrogens with one attached hydrogen (secondary N) is 5. The van der Waals surface area contributed by atoms with Gasteiger partial charge in [-0.15, -0.1) is 0 Å². The minimum Gasteiger partial charge on any atom is -0.370 e. The van der Waals surface area contributed by atoms with Crippen molar-refractivity contribution in [2.75, 3.05) is 48.3 Å². The molecule has 24 nitrogen and oxygen atoms in total. The maximum atomic E-state index is 15.8. The lowest BCUT2D eigenvalue weighted by Gasteiger charge is -2.40. The first-order chi connectivity index (χ1) is 39.6. The third-order valence-corrected chi connectivity index (χ3v) is 15.5. The van der Waals surface area contributed by atoms with Gasteiger partial charge in [-0.3, -0.25) is 48.1 Å². The third kappa shape index (κ3) is 16.7. The molecule has 5 aromatic rings. The predicted octanol–water partition coefficient (Wildman–Crippen LogP) is 1.62. The van der Waals surface area contributed by atoms with Gasteiger partial charge in [-0.2, -0.15) is 0 Å². The Morgan fingerprint density at radius 2 is 1.35 bits per heavy atom. The summed E-state index contributed by atoms with van der Waals surface area (Å²) in [6.45, 7) is 3.30. The molecule has 0 saturated carbocycles. The van der Waals surface area contributed by atoms with Crippen molar-refractivity contribution in [1.29, 1.82) is 0 Å². The Kier molecular flexibility index (Phi) is 22.7. The molecule has 7 atom stereocenters. The average Bonchev–Trinajstić information content (AvgIpc) is 4.24. The molecule has 9 amide bonds. The average molecular weight is 1140 g/mol. The first kappa shape index (κ1) is 63.4. The number of benzene rings is 3. The summed E-state index contributed by atoms with van der Waals surface area (Å²) in [6, 6.07) is 11.6. The standard InChI is InChI=1S/C59H81N15O9/c1-8-9-20-44(68-36(2)75)53(78)69-45-32-51(76)64-26-15-14-22-46(52(60)77)70(3)57(82)49(30-40-33-66-43-21-13-12-19-42(40)43)74(7)55(80)47(23-16-27-65-59(61)62)71(4)56(81)48(29-37-24-25-38-17-10-11-18-39(38)28-37)73(6)58(83)50(72(5)54(45)79)31-41-34-63-35-67-41/h10-13,17-19,21,24-25,28,33-35,44-50,66H,8-9,14-16,20,22-23,26-27,29-32H2,1-7H3,(H2,60,77)(H,63,67)(H,64,76)(H,68,75)(H,69,78)(H4,61,62,65). The topological polar surface area (TPSA) is 341 Å². The first-order valence-corrected chi connectivity index (χ1v) is 28.1. The number of imidazole rings is 1. The normalized spacial score (nSPS) is 21.0. The molecule has 1 saturated heterocycles. The summed E-state index contributed by atoms with van der Waals surface area (Å²) in [6.07, 6.45) is 6.05. The van der Waals surface area contributed by atoms with Crippen LogP contribution in [0.15, 0.2) is 90.4 Å². The number of fused-ring (bicyclic) bond motifs is 2. The Bertz CT molecular complexity index is 3120. The molecule has 24 heteroatoms. The second-order valence-electron chi connectivity index (χ2n) is 21.4. The number of primary amides is 1. The van der Waals surface area contributed by atoms with Crippen LogP contribution in [0.5, 0.6) is 0 Å². The fourth-order valence-corrected chi connectivity index (χ4v) is 10.7. The summed E-state index contributed by atoms with van der Waals surface area (Å²) < 4.78 is 0. The van der Waals surface area contributed by atoms with Crippen LogP contribution in [0, 0.1) is 0 Å². The molecular weight excluding hydrogens is 1060 g/mol. The quantitative estimate of drug-likeness (QED) is 0.0374. The van der Waals surface area contributed by atoms with Crippen LogP contribution < -0.4 is 33.2 Å². The number of carbonyl (C=O) groups excluding carboxylic acids is 9. The number of carbonyl (C=O) groups is 9. The fourth-order valence-electron chi connectivity index (χ4n) is 10.7. The zero-order valence-electron chi connectivity index (χ0n) is 48.6. The largest absolute Gasteiger partial charge is 0.370 e. The van der Waals surface area contributed by atoms with Gasteiger partial charge in [0.15, 0.2) is 5.96 Å². The van der Waals surface area contributed by atoms with Gasteiger partial charge in [0.05, 0.1) is 12.7 Å². The summed E-state index contributed by atoms with van der Waals surface area (Å²) in [5.74, 6) is -6.35. The Morgan fingerprint density at radius 1 is 0.723 bits per heavy atom. The van der Waals surface area contributed by atoms with Crippen molar-refractivity contribution in [3.05, 3.63) is 102 Å². The molecule has 0 aliphatic carbocycles. The minimum absolute atomic E-state index is 0.0168. The van der Waals surface area contributed by atoms with Crippen molar-refractivity contribution < 1.29 is 43.2 Å². The third-order valence-electron chi connectivity index (χ3n) is 15.5. The van der Waals surface area contributed by atoms with E-state index < -0.39 is 102 Å². The summed E-state index contributed by atoms with van der Waals surface area (Å²) >= 11 is 0. The Hall–Kier alpha value is -8.83. The molecule has 83 heavy (non-hydrogen) atoms. The van der Waals surface area contributed by atoms with Crippen LogP contribution >= 0.6 is 0 Å². The highest BCUT2D eigenvalue weighted by atomic mass is 16.2. The van der Waals surface area contributed by atoms with E-state index in [1.54, 1.807) is 6.20 Å². The molecule has 3 aromatic carbocycles. The maximum Gasteiger partial charge on any atom is 0.246 e. The summed E-state index contributed by atoms with van der Waals surface area (Å²) in [5, 5.41) is 10.7.